The molecule has 0 saturated carbocycles. The van der Waals surface area contributed by atoms with Crippen LogP contribution in [0.3, 0.4) is 0 Å². The molecule has 1 aromatic heterocycles. The lowest BCUT2D eigenvalue weighted by Gasteiger charge is -2.20. The van der Waals surface area contributed by atoms with Crippen LogP contribution in [0.2, 0.25) is 4.34 Å². The Morgan fingerprint density at radius 1 is 1.30 bits per heavy atom. The van der Waals surface area contributed by atoms with Crippen LogP contribution < -0.4 is 5.32 Å². The normalized spacial score (nSPS) is 14.0. The third kappa shape index (κ3) is 5.92. The molecule has 122 valence electrons. The van der Waals surface area contributed by atoms with Gasteiger partial charge in [-0.2, -0.15) is 0 Å². The number of hydrogen-bond donors (Lipinski definition) is 2. The highest BCUT2D eigenvalue weighted by atomic mass is 35.5. The maximum absolute atomic E-state index is 11.8. The number of allylic oxidation sites excluding steroid dienone is 1. The first kappa shape index (κ1) is 17.9. The predicted molar refractivity (Wildman–Crippen MR) is 96.9 cm³/mol. The highest BCUT2D eigenvalue weighted by Crippen LogP contribution is 2.22. The van der Waals surface area contributed by atoms with Gasteiger partial charge in [0, 0.05) is 23.9 Å². The number of aliphatic hydroxyl groups is 1. The fraction of sp³-hybridized carbons (Fsp3) is 0.278. The second-order valence-corrected chi connectivity index (χ2v) is 7.04. The summed E-state index contributed by atoms with van der Waals surface area (Å²) < 4.78 is 0.711. The van der Waals surface area contributed by atoms with Gasteiger partial charge in [-0.3, -0.25) is 4.79 Å². The number of aliphatic hydroxyl groups excluding tert-OH is 1. The number of ketones is 1. The molecule has 0 spiro atoms. The molecule has 1 aromatic carbocycles. The minimum Gasteiger partial charge on any atom is -0.387 e. The highest BCUT2D eigenvalue weighted by Gasteiger charge is 2.15. The summed E-state index contributed by atoms with van der Waals surface area (Å²) in [6.45, 7) is 2.44. The van der Waals surface area contributed by atoms with Gasteiger partial charge in [0.15, 0.2) is 5.78 Å². The Labute approximate surface area is 145 Å². The van der Waals surface area contributed by atoms with Gasteiger partial charge in [-0.25, -0.2) is 0 Å². The largest absolute Gasteiger partial charge is 0.387 e. The van der Waals surface area contributed by atoms with Gasteiger partial charge in [-0.1, -0.05) is 41.9 Å². The van der Waals surface area contributed by atoms with Crippen molar-refractivity contribution in [2.24, 2.45) is 0 Å². The van der Waals surface area contributed by atoms with E-state index in [1.807, 2.05) is 49.4 Å². The lowest BCUT2D eigenvalue weighted by Crippen LogP contribution is -2.33. The molecule has 0 fully saturated rings. The molecule has 2 atom stereocenters. The van der Waals surface area contributed by atoms with Crippen LogP contribution in [0, 0.1) is 0 Å². The van der Waals surface area contributed by atoms with E-state index in [4.69, 9.17) is 11.6 Å². The molecular weight excluding hydrogens is 330 g/mol. The zero-order valence-electron chi connectivity index (χ0n) is 12.9. The minimum atomic E-state index is -0.588. The van der Waals surface area contributed by atoms with Gasteiger partial charge in [0.1, 0.15) is 0 Å². The molecule has 2 aromatic rings. The van der Waals surface area contributed by atoms with Gasteiger partial charge in [0.2, 0.25) is 0 Å². The molecule has 2 N–H and O–H groups in total. The molecule has 1 heterocycles. The third-order valence-corrected chi connectivity index (χ3v) is 4.68. The highest BCUT2D eigenvalue weighted by molar-refractivity contribution is 7.17. The number of benzene rings is 1. The zero-order valence-corrected chi connectivity index (χ0v) is 14.5. The fourth-order valence-corrected chi connectivity index (χ4v) is 3.11. The Kier molecular flexibility index (Phi) is 6.99. The van der Waals surface area contributed by atoms with Gasteiger partial charge in [0.05, 0.1) is 10.4 Å². The Hall–Kier alpha value is -1.46. The number of halogens is 1. The quantitative estimate of drug-likeness (QED) is 0.706. The molecule has 2 unspecified atom stereocenters. The maximum Gasteiger partial charge on any atom is 0.157 e. The van der Waals surface area contributed by atoms with Crippen LogP contribution in [-0.2, 0) is 4.79 Å². The predicted octanol–water partition coefficient (Wildman–Crippen LogP) is 4.09. The monoisotopic (exact) mass is 349 g/mol. The standard InChI is InChI=1S/C18H20ClNO2S/c1-13(18(22)14-5-3-2-4-6-14)20-12-11-15(21)7-8-16-9-10-17(19)23-16/h2-10,13,18,20,22H,11-12H2,1H3/b8-7+. The summed E-state index contributed by atoms with van der Waals surface area (Å²) in [4.78, 5) is 12.8. The SMILES string of the molecule is CC(NCCC(=O)/C=C/c1ccc(Cl)s1)C(O)c1ccccc1. The molecule has 0 radical (unpaired) electrons. The van der Waals surface area contributed by atoms with Gasteiger partial charge >= 0.3 is 0 Å². The first-order valence-corrected chi connectivity index (χ1v) is 8.68. The molecule has 0 aliphatic rings. The fourth-order valence-electron chi connectivity index (χ4n) is 2.15. The van der Waals surface area contributed by atoms with Crippen LogP contribution in [0.25, 0.3) is 6.08 Å². The van der Waals surface area contributed by atoms with Crippen LogP contribution in [-0.4, -0.2) is 23.5 Å². The van der Waals surface area contributed by atoms with Crippen molar-refractivity contribution in [3.8, 4) is 0 Å². The Morgan fingerprint density at radius 3 is 2.70 bits per heavy atom. The van der Waals surface area contributed by atoms with Crippen molar-refractivity contribution in [2.75, 3.05) is 6.54 Å². The van der Waals surface area contributed by atoms with E-state index >= 15 is 0 Å². The van der Waals surface area contributed by atoms with E-state index in [-0.39, 0.29) is 11.8 Å². The Balaban J connectivity index is 1.73. The molecule has 0 aliphatic heterocycles. The van der Waals surface area contributed by atoms with Crippen molar-refractivity contribution in [1.82, 2.24) is 5.32 Å². The maximum atomic E-state index is 11.8. The van der Waals surface area contributed by atoms with Crippen LogP contribution in [0.15, 0.2) is 48.5 Å². The summed E-state index contributed by atoms with van der Waals surface area (Å²) in [5.41, 5.74) is 0.869. The van der Waals surface area contributed by atoms with E-state index in [2.05, 4.69) is 5.32 Å². The molecule has 5 heteroatoms. The number of hydrogen-bond acceptors (Lipinski definition) is 4. The number of rotatable bonds is 8. The van der Waals surface area contributed by atoms with Crippen molar-refractivity contribution >= 4 is 34.8 Å². The lowest BCUT2D eigenvalue weighted by molar-refractivity contribution is -0.114. The van der Waals surface area contributed by atoms with Crippen LogP contribution in [0.5, 0.6) is 0 Å². The molecule has 3 nitrogen and oxygen atoms in total. The summed E-state index contributed by atoms with van der Waals surface area (Å²) in [5.74, 6) is 0.0448. The van der Waals surface area contributed by atoms with Gasteiger partial charge in [0.25, 0.3) is 0 Å². The smallest absolute Gasteiger partial charge is 0.157 e. The third-order valence-electron chi connectivity index (χ3n) is 3.48. The van der Waals surface area contributed by atoms with Crippen molar-refractivity contribution in [3.05, 3.63) is 63.3 Å². The average molecular weight is 350 g/mol. The van der Waals surface area contributed by atoms with Gasteiger partial charge in [-0.05, 0) is 36.8 Å². The summed E-state index contributed by atoms with van der Waals surface area (Å²) in [6, 6.07) is 13.1. The van der Waals surface area contributed by atoms with Crippen molar-refractivity contribution in [2.45, 2.75) is 25.5 Å². The first-order valence-electron chi connectivity index (χ1n) is 7.49. The van der Waals surface area contributed by atoms with Crippen molar-refractivity contribution in [3.63, 3.8) is 0 Å². The minimum absolute atomic E-state index is 0.0448. The molecule has 2 rings (SSSR count). The van der Waals surface area contributed by atoms with Gasteiger partial charge in [-0.15, -0.1) is 11.3 Å². The Bertz CT molecular complexity index is 654. The summed E-state index contributed by atoms with van der Waals surface area (Å²) in [7, 11) is 0. The van der Waals surface area contributed by atoms with Crippen molar-refractivity contribution < 1.29 is 9.90 Å². The second kappa shape index (κ2) is 8.99. The molecule has 0 saturated heterocycles. The number of carbonyl (C=O) groups is 1. The van der Waals surface area contributed by atoms with E-state index in [1.54, 1.807) is 12.2 Å². The summed E-state index contributed by atoms with van der Waals surface area (Å²) in [5, 5.41) is 13.4. The van der Waals surface area contributed by atoms with E-state index in [0.29, 0.717) is 17.3 Å². The molecule has 23 heavy (non-hydrogen) atoms. The number of nitrogens with one attached hydrogen (secondary N) is 1. The van der Waals surface area contributed by atoms with Crippen LogP contribution in [0.1, 0.15) is 29.9 Å². The molecular formula is C18H20ClNO2S. The van der Waals surface area contributed by atoms with Crippen LogP contribution in [0.4, 0.5) is 0 Å². The topological polar surface area (TPSA) is 49.3 Å². The first-order chi connectivity index (χ1) is 11.1. The molecule has 0 aliphatic carbocycles. The zero-order chi connectivity index (χ0) is 16.7. The lowest BCUT2D eigenvalue weighted by atomic mass is 10.0. The molecule has 0 bridgehead atoms. The van der Waals surface area contributed by atoms with E-state index in [0.717, 1.165) is 10.4 Å². The van der Waals surface area contributed by atoms with E-state index < -0.39 is 6.10 Å². The Morgan fingerprint density at radius 2 is 2.04 bits per heavy atom. The average Bonchev–Trinajstić information content (AvgIpc) is 2.98. The summed E-state index contributed by atoms with van der Waals surface area (Å²) >= 11 is 7.28. The number of carbonyl (C=O) groups excluding carboxylic acids is 1. The van der Waals surface area contributed by atoms with E-state index in [9.17, 15) is 9.90 Å². The van der Waals surface area contributed by atoms with Gasteiger partial charge < -0.3 is 10.4 Å². The van der Waals surface area contributed by atoms with Crippen LogP contribution >= 0.6 is 22.9 Å². The number of thiophene rings is 1. The second-order valence-electron chi connectivity index (χ2n) is 5.29. The summed E-state index contributed by atoms with van der Waals surface area (Å²) in [6.07, 6.45) is 3.15. The van der Waals surface area contributed by atoms with E-state index in [1.165, 1.54) is 11.3 Å². The molecule has 0 amide bonds. The van der Waals surface area contributed by atoms with Crippen molar-refractivity contribution in [1.29, 1.82) is 0 Å².